The van der Waals surface area contributed by atoms with E-state index in [2.05, 4.69) is 5.32 Å². The summed E-state index contributed by atoms with van der Waals surface area (Å²) in [5, 5.41) is 12.9. The van der Waals surface area contributed by atoms with Gasteiger partial charge in [-0.3, -0.25) is 4.79 Å². The molecule has 1 atom stereocenters. The smallest absolute Gasteiger partial charge is 0.220 e. The standard InChI is InChI=1S/C17H25NO2/c19-16(15-9-5-2-6-10-15)11-12-18-17(20)13-14-7-3-1-4-8-14/h2,5-6,9-10,14,16,19H,1,3-4,7-8,11-13H2,(H,18,20). The van der Waals surface area contributed by atoms with Gasteiger partial charge in [0.15, 0.2) is 0 Å². The average molecular weight is 275 g/mol. The Kier molecular flexibility index (Phi) is 6.06. The molecular formula is C17H25NO2. The Balaban J connectivity index is 1.63. The Labute approximate surface area is 121 Å². The third kappa shape index (κ3) is 4.97. The fourth-order valence-electron chi connectivity index (χ4n) is 2.92. The first-order valence-corrected chi connectivity index (χ1v) is 7.75. The fourth-order valence-corrected chi connectivity index (χ4v) is 2.92. The van der Waals surface area contributed by atoms with Crippen molar-refractivity contribution in [1.29, 1.82) is 0 Å². The van der Waals surface area contributed by atoms with Gasteiger partial charge in [0.1, 0.15) is 0 Å². The topological polar surface area (TPSA) is 49.3 Å². The van der Waals surface area contributed by atoms with Gasteiger partial charge in [-0.2, -0.15) is 0 Å². The van der Waals surface area contributed by atoms with Gasteiger partial charge in [-0.1, -0.05) is 49.6 Å². The fraction of sp³-hybridized carbons (Fsp3) is 0.588. The summed E-state index contributed by atoms with van der Waals surface area (Å²) >= 11 is 0. The van der Waals surface area contributed by atoms with Crippen molar-refractivity contribution >= 4 is 5.91 Å². The first kappa shape index (κ1) is 15.0. The number of carbonyl (C=O) groups is 1. The van der Waals surface area contributed by atoms with E-state index in [0.29, 0.717) is 25.3 Å². The number of nitrogens with one attached hydrogen (secondary N) is 1. The Bertz CT molecular complexity index is 399. The van der Waals surface area contributed by atoms with Gasteiger partial charge in [0, 0.05) is 13.0 Å². The monoisotopic (exact) mass is 275 g/mol. The maximum absolute atomic E-state index is 11.8. The molecule has 0 radical (unpaired) electrons. The van der Waals surface area contributed by atoms with Gasteiger partial charge in [-0.05, 0) is 30.7 Å². The number of carbonyl (C=O) groups excluding carboxylic acids is 1. The number of benzene rings is 1. The van der Waals surface area contributed by atoms with Gasteiger partial charge in [-0.15, -0.1) is 0 Å². The van der Waals surface area contributed by atoms with Crippen molar-refractivity contribution < 1.29 is 9.90 Å². The highest BCUT2D eigenvalue weighted by molar-refractivity contribution is 5.76. The lowest BCUT2D eigenvalue weighted by Crippen LogP contribution is -2.28. The first-order chi connectivity index (χ1) is 9.75. The molecule has 3 nitrogen and oxygen atoms in total. The van der Waals surface area contributed by atoms with Gasteiger partial charge >= 0.3 is 0 Å². The molecule has 0 spiro atoms. The average Bonchev–Trinajstić information content (AvgIpc) is 2.49. The molecule has 3 heteroatoms. The number of aliphatic hydroxyl groups is 1. The van der Waals surface area contributed by atoms with E-state index < -0.39 is 6.10 Å². The van der Waals surface area contributed by atoms with E-state index in [-0.39, 0.29) is 5.91 Å². The van der Waals surface area contributed by atoms with Crippen LogP contribution in [-0.2, 0) is 4.79 Å². The summed E-state index contributed by atoms with van der Waals surface area (Å²) < 4.78 is 0. The molecule has 1 saturated carbocycles. The molecule has 0 bridgehead atoms. The number of rotatable bonds is 6. The maximum Gasteiger partial charge on any atom is 0.220 e. The highest BCUT2D eigenvalue weighted by Crippen LogP contribution is 2.26. The lowest BCUT2D eigenvalue weighted by Gasteiger charge is -2.21. The molecule has 0 aliphatic heterocycles. The summed E-state index contributed by atoms with van der Waals surface area (Å²) in [7, 11) is 0. The van der Waals surface area contributed by atoms with Crippen LogP contribution >= 0.6 is 0 Å². The highest BCUT2D eigenvalue weighted by Gasteiger charge is 2.17. The number of hydrogen-bond acceptors (Lipinski definition) is 2. The van der Waals surface area contributed by atoms with Crippen molar-refractivity contribution in [2.75, 3.05) is 6.54 Å². The second kappa shape index (κ2) is 8.05. The van der Waals surface area contributed by atoms with Crippen LogP contribution in [0.3, 0.4) is 0 Å². The second-order valence-electron chi connectivity index (χ2n) is 5.77. The van der Waals surface area contributed by atoms with Gasteiger partial charge < -0.3 is 10.4 Å². The molecule has 0 aromatic heterocycles. The minimum absolute atomic E-state index is 0.136. The summed E-state index contributed by atoms with van der Waals surface area (Å²) in [6, 6.07) is 9.59. The molecule has 0 saturated heterocycles. The SMILES string of the molecule is O=C(CC1CCCCC1)NCCC(O)c1ccccc1. The van der Waals surface area contributed by atoms with E-state index in [0.717, 1.165) is 5.56 Å². The van der Waals surface area contributed by atoms with Crippen LogP contribution in [-0.4, -0.2) is 17.6 Å². The molecule has 0 heterocycles. The van der Waals surface area contributed by atoms with E-state index in [1.807, 2.05) is 30.3 Å². The predicted octanol–water partition coefficient (Wildman–Crippen LogP) is 3.20. The minimum atomic E-state index is -0.494. The Morgan fingerprint density at radius 3 is 2.60 bits per heavy atom. The summed E-state index contributed by atoms with van der Waals surface area (Å²) in [5.41, 5.74) is 0.911. The summed E-state index contributed by atoms with van der Waals surface area (Å²) in [4.78, 5) is 11.8. The summed E-state index contributed by atoms with van der Waals surface area (Å²) in [6.45, 7) is 0.543. The second-order valence-corrected chi connectivity index (χ2v) is 5.77. The molecule has 2 N–H and O–H groups in total. The van der Waals surface area contributed by atoms with Crippen LogP contribution in [0.5, 0.6) is 0 Å². The lowest BCUT2D eigenvalue weighted by molar-refractivity contribution is -0.122. The van der Waals surface area contributed by atoms with Crippen LogP contribution in [0.4, 0.5) is 0 Å². The lowest BCUT2D eigenvalue weighted by atomic mass is 9.87. The number of aliphatic hydroxyl groups excluding tert-OH is 1. The molecule has 1 aromatic rings. The largest absolute Gasteiger partial charge is 0.388 e. The molecule has 1 fully saturated rings. The van der Waals surface area contributed by atoms with Crippen LogP contribution in [0.25, 0.3) is 0 Å². The zero-order valence-electron chi connectivity index (χ0n) is 12.1. The minimum Gasteiger partial charge on any atom is -0.388 e. The molecule has 2 rings (SSSR count). The highest BCUT2D eigenvalue weighted by atomic mass is 16.3. The van der Waals surface area contributed by atoms with Crippen molar-refractivity contribution in [3.05, 3.63) is 35.9 Å². The van der Waals surface area contributed by atoms with Crippen LogP contribution in [0.1, 0.15) is 56.6 Å². The van der Waals surface area contributed by atoms with E-state index in [4.69, 9.17) is 0 Å². The molecule has 110 valence electrons. The van der Waals surface area contributed by atoms with E-state index >= 15 is 0 Å². The van der Waals surface area contributed by atoms with Gasteiger partial charge in [0.25, 0.3) is 0 Å². The predicted molar refractivity (Wildman–Crippen MR) is 80.2 cm³/mol. The third-order valence-corrected chi connectivity index (χ3v) is 4.12. The molecule has 1 amide bonds. The van der Waals surface area contributed by atoms with Gasteiger partial charge in [0.2, 0.25) is 5.91 Å². The molecular weight excluding hydrogens is 250 g/mol. The van der Waals surface area contributed by atoms with Crippen LogP contribution in [0.15, 0.2) is 30.3 Å². The van der Waals surface area contributed by atoms with E-state index in [1.165, 1.54) is 32.1 Å². The molecule has 1 unspecified atom stereocenters. The first-order valence-electron chi connectivity index (χ1n) is 7.75. The number of hydrogen-bond donors (Lipinski definition) is 2. The van der Waals surface area contributed by atoms with Crippen molar-refractivity contribution in [3.8, 4) is 0 Å². The Hall–Kier alpha value is -1.35. The van der Waals surface area contributed by atoms with E-state index in [9.17, 15) is 9.90 Å². The normalized spacial score (nSPS) is 17.6. The molecule has 20 heavy (non-hydrogen) atoms. The maximum atomic E-state index is 11.8. The van der Waals surface area contributed by atoms with E-state index in [1.54, 1.807) is 0 Å². The zero-order chi connectivity index (χ0) is 14.2. The van der Waals surface area contributed by atoms with Gasteiger partial charge in [-0.25, -0.2) is 0 Å². The third-order valence-electron chi connectivity index (χ3n) is 4.12. The van der Waals surface area contributed by atoms with Crippen LogP contribution in [0, 0.1) is 5.92 Å². The quantitative estimate of drug-likeness (QED) is 0.837. The van der Waals surface area contributed by atoms with Crippen molar-refractivity contribution in [3.63, 3.8) is 0 Å². The van der Waals surface area contributed by atoms with Crippen LogP contribution < -0.4 is 5.32 Å². The number of amides is 1. The zero-order valence-corrected chi connectivity index (χ0v) is 12.1. The molecule has 1 aliphatic carbocycles. The van der Waals surface area contributed by atoms with Gasteiger partial charge in [0.05, 0.1) is 6.10 Å². The van der Waals surface area contributed by atoms with Crippen LogP contribution in [0.2, 0.25) is 0 Å². The Morgan fingerprint density at radius 2 is 1.90 bits per heavy atom. The summed E-state index contributed by atoms with van der Waals surface area (Å²) in [5.74, 6) is 0.708. The molecule has 1 aromatic carbocycles. The van der Waals surface area contributed by atoms with Crippen molar-refractivity contribution in [1.82, 2.24) is 5.32 Å². The van der Waals surface area contributed by atoms with Crippen molar-refractivity contribution in [2.45, 2.75) is 51.0 Å². The summed E-state index contributed by atoms with van der Waals surface area (Å²) in [6.07, 6.45) is 6.98. The van der Waals surface area contributed by atoms with Crippen molar-refractivity contribution in [2.24, 2.45) is 5.92 Å². The molecule has 1 aliphatic rings. The Morgan fingerprint density at radius 1 is 1.20 bits per heavy atom.